The molecule has 2 aliphatic rings. The molecule has 0 N–H and O–H groups in total. The molecular formula is C12H23N. The number of hydrogen-bond acceptors (Lipinski definition) is 1. The van der Waals surface area contributed by atoms with Crippen LogP contribution in [0.3, 0.4) is 0 Å². The van der Waals surface area contributed by atoms with Crippen LogP contribution in [-0.4, -0.2) is 24.0 Å². The van der Waals surface area contributed by atoms with Crippen molar-refractivity contribution in [3.8, 4) is 0 Å². The van der Waals surface area contributed by atoms with Gasteiger partial charge in [0.15, 0.2) is 0 Å². The van der Waals surface area contributed by atoms with Crippen LogP contribution < -0.4 is 0 Å². The van der Waals surface area contributed by atoms with Gasteiger partial charge in [-0.25, -0.2) is 0 Å². The molecule has 1 aliphatic heterocycles. The molecular weight excluding hydrogens is 158 g/mol. The summed E-state index contributed by atoms with van der Waals surface area (Å²) in [5.74, 6) is 0. The van der Waals surface area contributed by atoms with Gasteiger partial charge in [0, 0.05) is 6.04 Å². The largest absolute Gasteiger partial charge is 0.300 e. The zero-order valence-corrected chi connectivity index (χ0v) is 9.18. The first-order valence-corrected chi connectivity index (χ1v) is 5.91. The molecule has 13 heavy (non-hydrogen) atoms. The Morgan fingerprint density at radius 3 is 2.38 bits per heavy atom. The molecule has 1 heterocycles. The molecule has 0 aromatic carbocycles. The minimum Gasteiger partial charge on any atom is -0.300 e. The van der Waals surface area contributed by atoms with Gasteiger partial charge in [-0.2, -0.15) is 0 Å². The number of rotatable bonds is 1. The summed E-state index contributed by atoms with van der Waals surface area (Å²) in [5, 5.41) is 0. The van der Waals surface area contributed by atoms with Crippen LogP contribution in [0.1, 0.15) is 52.4 Å². The van der Waals surface area contributed by atoms with Gasteiger partial charge in [0.1, 0.15) is 0 Å². The second-order valence-electron chi connectivity index (χ2n) is 5.66. The maximum Gasteiger partial charge on any atom is 0.0100 e. The highest BCUT2D eigenvalue weighted by atomic mass is 15.2. The highest BCUT2D eigenvalue weighted by molar-refractivity contribution is 4.86. The predicted molar refractivity (Wildman–Crippen MR) is 56.8 cm³/mol. The molecule has 1 nitrogen and oxygen atoms in total. The highest BCUT2D eigenvalue weighted by Gasteiger charge is 2.32. The number of likely N-dealkylation sites (tertiary alicyclic amines) is 1. The first-order chi connectivity index (χ1) is 6.17. The van der Waals surface area contributed by atoms with E-state index in [-0.39, 0.29) is 0 Å². The number of hydrogen-bond donors (Lipinski definition) is 0. The van der Waals surface area contributed by atoms with Crippen molar-refractivity contribution in [1.29, 1.82) is 0 Å². The summed E-state index contributed by atoms with van der Waals surface area (Å²) in [6, 6.07) is 0.922. The molecule has 1 saturated carbocycles. The monoisotopic (exact) mass is 181 g/mol. The standard InChI is InChI=1S/C12H23N/c1-12(2)7-5-6-11(10-12)13-8-3-4-9-13/h11H,3-10H2,1-2H3. The molecule has 0 spiro atoms. The molecule has 0 aromatic rings. The van der Waals surface area contributed by atoms with Crippen LogP contribution in [0.15, 0.2) is 0 Å². The number of nitrogens with zero attached hydrogens (tertiary/aromatic N) is 1. The Hall–Kier alpha value is -0.0400. The van der Waals surface area contributed by atoms with E-state index in [9.17, 15) is 0 Å². The SMILES string of the molecule is CC1(C)CCCC(N2CCCC2)C1. The topological polar surface area (TPSA) is 3.24 Å². The van der Waals surface area contributed by atoms with Crippen LogP contribution in [0.5, 0.6) is 0 Å². The van der Waals surface area contributed by atoms with E-state index in [4.69, 9.17) is 0 Å². The van der Waals surface area contributed by atoms with Crippen molar-refractivity contribution in [3.63, 3.8) is 0 Å². The summed E-state index contributed by atoms with van der Waals surface area (Å²) >= 11 is 0. The van der Waals surface area contributed by atoms with E-state index >= 15 is 0 Å². The summed E-state index contributed by atoms with van der Waals surface area (Å²) in [5.41, 5.74) is 0.617. The molecule has 1 saturated heterocycles. The maximum atomic E-state index is 2.74. The Bertz CT molecular complexity index is 168. The Labute approximate surface area is 82.5 Å². The van der Waals surface area contributed by atoms with Gasteiger partial charge in [-0.15, -0.1) is 0 Å². The molecule has 1 heteroatoms. The van der Waals surface area contributed by atoms with Gasteiger partial charge in [0.05, 0.1) is 0 Å². The summed E-state index contributed by atoms with van der Waals surface area (Å²) in [4.78, 5) is 2.74. The minimum atomic E-state index is 0.617. The fraction of sp³-hybridized carbons (Fsp3) is 1.00. The normalized spacial score (nSPS) is 35.1. The quantitative estimate of drug-likeness (QED) is 0.601. The maximum absolute atomic E-state index is 2.74. The van der Waals surface area contributed by atoms with Gasteiger partial charge in [-0.05, 0) is 50.6 Å². The molecule has 2 fully saturated rings. The van der Waals surface area contributed by atoms with E-state index in [0.717, 1.165) is 6.04 Å². The van der Waals surface area contributed by atoms with Crippen LogP contribution >= 0.6 is 0 Å². The third-order valence-corrected chi connectivity index (χ3v) is 3.84. The van der Waals surface area contributed by atoms with Crippen molar-refractivity contribution in [1.82, 2.24) is 4.90 Å². The third kappa shape index (κ3) is 2.25. The van der Waals surface area contributed by atoms with Gasteiger partial charge < -0.3 is 4.90 Å². The summed E-state index contributed by atoms with van der Waals surface area (Å²) in [7, 11) is 0. The first-order valence-electron chi connectivity index (χ1n) is 5.91. The molecule has 2 rings (SSSR count). The van der Waals surface area contributed by atoms with Gasteiger partial charge >= 0.3 is 0 Å². The fourth-order valence-electron chi connectivity index (χ4n) is 3.08. The zero-order chi connectivity index (χ0) is 9.31. The van der Waals surface area contributed by atoms with E-state index in [1.54, 1.807) is 0 Å². The average molecular weight is 181 g/mol. The van der Waals surface area contributed by atoms with Crippen LogP contribution in [0.4, 0.5) is 0 Å². The lowest BCUT2D eigenvalue weighted by Gasteiger charge is -2.39. The molecule has 0 amide bonds. The van der Waals surface area contributed by atoms with Crippen LogP contribution in [0.2, 0.25) is 0 Å². The Morgan fingerprint density at radius 2 is 1.77 bits per heavy atom. The van der Waals surface area contributed by atoms with Crippen molar-refractivity contribution < 1.29 is 0 Å². The van der Waals surface area contributed by atoms with Crippen LogP contribution in [0.25, 0.3) is 0 Å². The fourth-order valence-corrected chi connectivity index (χ4v) is 3.08. The van der Waals surface area contributed by atoms with Crippen molar-refractivity contribution >= 4 is 0 Å². The second kappa shape index (κ2) is 3.61. The molecule has 0 bridgehead atoms. The Kier molecular flexibility index (Phi) is 2.64. The molecule has 0 radical (unpaired) electrons. The lowest BCUT2D eigenvalue weighted by molar-refractivity contribution is 0.114. The molecule has 1 unspecified atom stereocenters. The molecule has 0 aromatic heterocycles. The van der Waals surface area contributed by atoms with Gasteiger partial charge in [0.25, 0.3) is 0 Å². The summed E-state index contributed by atoms with van der Waals surface area (Å²) < 4.78 is 0. The third-order valence-electron chi connectivity index (χ3n) is 3.84. The highest BCUT2D eigenvalue weighted by Crippen LogP contribution is 2.37. The van der Waals surface area contributed by atoms with E-state index in [2.05, 4.69) is 18.7 Å². The molecule has 76 valence electrons. The van der Waals surface area contributed by atoms with E-state index in [1.165, 1.54) is 51.6 Å². The Morgan fingerprint density at radius 1 is 1.08 bits per heavy atom. The van der Waals surface area contributed by atoms with Crippen molar-refractivity contribution in [3.05, 3.63) is 0 Å². The van der Waals surface area contributed by atoms with Gasteiger partial charge in [0.2, 0.25) is 0 Å². The zero-order valence-electron chi connectivity index (χ0n) is 9.18. The van der Waals surface area contributed by atoms with Gasteiger partial charge in [-0.1, -0.05) is 20.3 Å². The average Bonchev–Trinajstić information content (AvgIpc) is 2.53. The lowest BCUT2D eigenvalue weighted by atomic mass is 9.75. The summed E-state index contributed by atoms with van der Waals surface area (Å²) in [6.45, 7) is 7.63. The molecule has 1 aliphatic carbocycles. The van der Waals surface area contributed by atoms with E-state index < -0.39 is 0 Å². The van der Waals surface area contributed by atoms with Crippen LogP contribution in [0, 0.1) is 5.41 Å². The predicted octanol–water partition coefficient (Wildman–Crippen LogP) is 3.05. The Balaban J connectivity index is 1.91. The second-order valence-corrected chi connectivity index (χ2v) is 5.66. The van der Waals surface area contributed by atoms with Crippen LogP contribution in [-0.2, 0) is 0 Å². The van der Waals surface area contributed by atoms with Crippen molar-refractivity contribution in [2.24, 2.45) is 5.41 Å². The van der Waals surface area contributed by atoms with Crippen molar-refractivity contribution in [2.75, 3.05) is 13.1 Å². The summed E-state index contributed by atoms with van der Waals surface area (Å²) in [6.07, 6.45) is 8.68. The first kappa shape index (κ1) is 9.51. The smallest absolute Gasteiger partial charge is 0.0100 e. The molecule has 1 atom stereocenters. The van der Waals surface area contributed by atoms with E-state index in [0.29, 0.717) is 5.41 Å². The van der Waals surface area contributed by atoms with Crippen molar-refractivity contribution in [2.45, 2.75) is 58.4 Å². The lowest BCUT2D eigenvalue weighted by Crippen LogP contribution is -2.39. The van der Waals surface area contributed by atoms with Gasteiger partial charge in [-0.3, -0.25) is 0 Å². The minimum absolute atomic E-state index is 0.617. The van der Waals surface area contributed by atoms with E-state index in [1.807, 2.05) is 0 Å².